The van der Waals surface area contributed by atoms with Crippen molar-refractivity contribution < 1.29 is 4.79 Å². The van der Waals surface area contributed by atoms with E-state index in [0.29, 0.717) is 17.4 Å². The summed E-state index contributed by atoms with van der Waals surface area (Å²) in [7, 11) is 0. The molecule has 0 aliphatic heterocycles. The molecular weight excluding hydrogens is 204 g/mol. The summed E-state index contributed by atoms with van der Waals surface area (Å²) in [4.78, 5) is 14.5. The first-order chi connectivity index (χ1) is 7.83. The third kappa shape index (κ3) is 1.71. The van der Waals surface area contributed by atoms with Crippen LogP contribution in [0.5, 0.6) is 0 Å². The van der Waals surface area contributed by atoms with Gasteiger partial charge in [0.15, 0.2) is 0 Å². The third-order valence-corrected chi connectivity index (χ3v) is 2.68. The van der Waals surface area contributed by atoms with Crippen molar-refractivity contribution in [3.63, 3.8) is 0 Å². The normalized spacial score (nSPS) is 15.0. The molecule has 0 unspecified atom stereocenters. The predicted octanol–water partition coefficient (Wildman–Crippen LogP) is 1.87. The summed E-state index contributed by atoms with van der Waals surface area (Å²) in [6.45, 7) is 0. The van der Waals surface area contributed by atoms with Crippen LogP contribution >= 0.6 is 0 Å². The molecule has 0 aromatic carbocycles. The van der Waals surface area contributed by atoms with Gasteiger partial charge in [0, 0.05) is 18.2 Å². The zero-order chi connectivity index (χ0) is 11.0. The highest BCUT2D eigenvalue weighted by Gasteiger charge is 2.26. The van der Waals surface area contributed by atoms with E-state index in [1.165, 1.54) is 12.8 Å². The van der Waals surface area contributed by atoms with E-state index in [4.69, 9.17) is 0 Å². The molecular formula is C11H12N4O. The van der Waals surface area contributed by atoms with Gasteiger partial charge < -0.3 is 10.3 Å². The summed E-state index contributed by atoms with van der Waals surface area (Å²) in [6.07, 6.45) is 4.13. The van der Waals surface area contributed by atoms with Gasteiger partial charge in [-0.1, -0.05) is 0 Å². The van der Waals surface area contributed by atoms with E-state index >= 15 is 0 Å². The van der Waals surface area contributed by atoms with Crippen molar-refractivity contribution in [2.24, 2.45) is 0 Å². The van der Waals surface area contributed by atoms with Crippen molar-refractivity contribution in [2.75, 3.05) is 5.32 Å². The van der Waals surface area contributed by atoms with Crippen LogP contribution in [-0.2, 0) is 0 Å². The number of rotatable bonds is 3. The van der Waals surface area contributed by atoms with Crippen molar-refractivity contribution >= 4 is 11.7 Å². The van der Waals surface area contributed by atoms with Gasteiger partial charge in [0.25, 0.3) is 5.91 Å². The van der Waals surface area contributed by atoms with E-state index in [9.17, 15) is 4.79 Å². The number of aromatic nitrogens is 3. The van der Waals surface area contributed by atoms with Crippen molar-refractivity contribution in [3.8, 4) is 0 Å². The van der Waals surface area contributed by atoms with Gasteiger partial charge in [0.2, 0.25) is 0 Å². The summed E-state index contributed by atoms with van der Waals surface area (Å²) >= 11 is 0. The molecule has 16 heavy (non-hydrogen) atoms. The molecule has 2 heterocycles. The SMILES string of the molecule is O=C(Nc1cc(C2CC2)n[nH]1)c1ccc[nH]1. The molecule has 3 rings (SSSR count). The predicted molar refractivity (Wildman–Crippen MR) is 59.3 cm³/mol. The number of anilines is 1. The average Bonchev–Trinajstić information content (AvgIpc) is 2.82. The Kier molecular flexibility index (Phi) is 2.02. The Morgan fingerprint density at radius 3 is 3.06 bits per heavy atom. The quantitative estimate of drug-likeness (QED) is 0.732. The smallest absolute Gasteiger partial charge is 0.273 e. The van der Waals surface area contributed by atoms with E-state index in [1.807, 2.05) is 6.07 Å². The molecule has 5 nitrogen and oxygen atoms in total. The van der Waals surface area contributed by atoms with Crippen LogP contribution in [-0.4, -0.2) is 21.1 Å². The monoisotopic (exact) mass is 216 g/mol. The largest absolute Gasteiger partial charge is 0.357 e. The average molecular weight is 216 g/mol. The van der Waals surface area contributed by atoms with Crippen molar-refractivity contribution in [1.82, 2.24) is 15.2 Å². The minimum absolute atomic E-state index is 0.156. The first-order valence-corrected chi connectivity index (χ1v) is 5.33. The topological polar surface area (TPSA) is 73.6 Å². The zero-order valence-electron chi connectivity index (χ0n) is 8.66. The molecule has 0 bridgehead atoms. The molecule has 0 saturated heterocycles. The van der Waals surface area contributed by atoms with Crippen LogP contribution in [0.25, 0.3) is 0 Å². The van der Waals surface area contributed by atoms with Gasteiger partial charge in [0.1, 0.15) is 11.5 Å². The molecule has 5 heteroatoms. The van der Waals surface area contributed by atoms with Gasteiger partial charge >= 0.3 is 0 Å². The number of H-pyrrole nitrogens is 2. The Labute approximate surface area is 92.3 Å². The lowest BCUT2D eigenvalue weighted by Crippen LogP contribution is -2.12. The van der Waals surface area contributed by atoms with Crippen LogP contribution < -0.4 is 5.32 Å². The molecule has 1 fully saturated rings. The second-order valence-corrected chi connectivity index (χ2v) is 4.02. The lowest BCUT2D eigenvalue weighted by molar-refractivity contribution is 0.102. The minimum Gasteiger partial charge on any atom is -0.357 e. The van der Waals surface area contributed by atoms with Crippen LogP contribution in [0, 0.1) is 0 Å². The molecule has 2 aromatic heterocycles. The fraction of sp³-hybridized carbons (Fsp3) is 0.273. The molecule has 0 atom stereocenters. The molecule has 3 N–H and O–H groups in total. The third-order valence-electron chi connectivity index (χ3n) is 2.68. The number of carbonyl (C=O) groups excluding carboxylic acids is 1. The van der Waals surface area contributed by atoms with Crippen LogP contribution in [0.3, 0.4) is 0 Å². The Morgan fingerprint density at radius 2 is 2.38 bits per heavy atom. The first-order valence-electron chi connectivity index (χ1n) is 5.33. The molecule has 0 radical (unpaired) electrons. The number of amides is 1. The van der Waals surface area contributed by atoms with Gasteiger partial charge in [-0.25, -0.2) is 0 Å². The highest BCUT2D eigenvalue weighted by molar-refractivity contribution is 6.02. The van der Waals surface area contributed by atoms with Crippen molar-refractivity contribution in [3.05, 3.63) is 35.8 Å². The van der Waals surface area contributed by atoms with Crippen LogP contribution in [0.2, 0.25) is 0 Å². The van der Waals surface area contributed by atoms with Crippen LogP contribution in [0.15, 0.2) is 24.4 Å². The highest BCUT2D eigenvalue weighted by atomic mass is 16.1. The molecule has 1 aliphatic carbocycles. The Bertz CT molecular complexity index is 496. The van der Waals surface area contributed by atoms with Gasteiger partial charge in [0.05, 0.1) is 5.69 Å². The maximum atomic E-state index is 11.7. The molecule has 1 aliphatic rings. The molecule has 82 valence electrons. The Balaban J connectivity index is 1.71. The Hall–Kier alpha value is -2.04. The zero-order valence-corrected chi connectivity index (χ0v) is 8.66. The molecule has 1 saturated carbocycles. The summed E-state index contributed by atoms with van der Waals surface area (Å²) in [5.74, 6) is 1.09. The van der Waals surface area contributed by atoms with Crippen LogP contribution in [0.1, 0.15) is 34.9 Å². The van der Waals surface area contributed by atoms with Gasteiger partial charge in [-0.15, -0.1) is 0 Å². The number of hydrogen-bond acceptors (Lipinski definition) is 2. The lowest BCUT2D eigenvalue weighted by atomic mass is 10.3. The second-order valence-electron chi connectivity index (χ2n) is 4.02. The molecule has 0 spiro atoms. The maximum Gasteiger partial charge on any atom is 0.273 e. The summed E-state index contributed by atoms with van der Waals surface area (Å²) < 4.78 is 0. The van der Waals surface area contributed by atoms with Crippen molar-refractivity contribution in [2.45, 2.75) is 18.8 Å². The fourth-order valence-corrected chi connectivity index (χ4v) is 1.65. The molecule has 2 aromatic rings. The minimum atomic E-state index is -0.156. The number of hydrogen-bond donors (Lipinski definition) is 3. The van der Waals surface area contributed by atoms with E-state index in [1.54, 1.807) is 18.3 Å². The number of carbonyl (C=O) groups is 1. The summed E-state index contributed by atoms with van der Waals surface area (Å²) in [6, 6.07) is 5.42. The van der Waals surface area contributed by atoms with E-state index < -0.39 is 0 Å². The number of nitrogens with zero attached hydrogens (tertiary/aromatic N) is 1. The fourth-order valence-electron chi connectivity index (χ4n) is 1.65. The summed E-state index contributed by atoms with van der Waals surface area (Å²) in [5.41, 5.74) is 1.59. The van der Waals surface area contributed by atoms with Gasteiger partial charge in [-0.2, -0.15) is 5.10 Å². The number of aromatic amines is 2. The highest BCUT2D eigenvalue weighted by Crippen LogP contribution is 2.39. The van der Waals surface area contributed by atoms with Crippen molar-refractivity contribution in [1.29, 1.82) is 0 Å². The van der Waals surface area contributed by atoms with Gasteiger partial charge in [-0.3, -0.25) is 9.89 Å². The van der Waals surface area contributed by atoms with Gasteiger partial charge in [-0.05, 0) is 25.0 Å². The lowest BCUT2D eigenvalue weighted by Gasteiger charge is -1.98. The second kappa shape index (κ2) is 3.52. The van der Waals surface area contributed by atoms with E-state index in [-0.39, 0.29) is 5.91 Å². The van der Waals surface area contributed by atoms with E-state index in [0.717, 1.165) is 5.69 Å². The number of nitrogens with one attached hydrogen (secondary N) is 3. The molecule has 1 amide bonds. The van der Waals surface area contributed by atoms with Crippen LogP contribution in [0.4, 0.5) is 5.82 Å². The maximum absolute atomic E-state index is 11.7. The first kappa shape index (κ1) is 9.21. The Morgan fingerprint density at radius 1 is 1.50 bits per heavy atom. The summed E-state index contributed by atoms with van der Waals surface area (Å²) in [5, 5.41) is 9.75. The standard InChI is InChI=1S/C11H12N4O/c16-11(8-2-1-5-12-8)13-10-6-9(14-15-10)7-3-4-7/h1-2,5-7,12H,3-4H2,(H2,13,14,15,16). The van der Waals surface area contributed by atoms with E-state index in [2.05, 4.69) is 20.5 Å².